The predicted molar refractivity (Wildman–Crippen MR) is 51.8 cm³/mol. The third-order valence-corrected chi connectivity index (χ3v) is 3.11. The van der Waals surface area contributed by atoms with Crippen LogP contribution in [0.2, 0.25) is 11.1 Å². The Labute approximate surface area is 75.5 Å². The Morgan fingerprint density at radius 3 is 2.58 bits per heavy atom. The Kier molecular flexibility index (Phi) is 2.55. The van der Waals surface area contributed by atoms with Crippen molar-refractivity contribution in [3.05, 3.63) is 0 Å². The third kappa shape index (κ3) is 1.83. The summed E-state index contributed by atoms with van der Waals surface area (Å²) in [6, 6.07) is 0. The second-order valence-corrected chi connectivity index (χ2v) is 4.81. The molecule has 0 aromatic rings. The SMILES string of the molecule is CC1BC(C)(C)C(C)(O)OCC1. The van der Waals surface area contributed by atoms with Crippen LogP contribution in [0.15, 0.2) is 0 Å². The molecule has 1 aliphatic rings. The molecule has 1 N–H and O–H groups in total. The van der Waals surface area contributed by atoms with Crippen molar-refractivity contribution >= 4 is 7.28 Å². The quantitative estimate of drug-likeness (QED) is 0.559. The van der Waals surface area contributed by atoms with E-state index >= 15 is 0 Å². The molecule has 12 heavy (non-hydrogen) atoms. The van der Waals surface area contributed by atoms with Gasteiger partial charge >= 0.3 is 0 Å². The first kappa shape index (κ1) is 10.1. The fourth-order valence-electron chi connectivity index (χ4n) is 1.82. The maximum absolute atomic E-state index is 9.98. The lowest BCUT2D eigenvalue weighted by atomic mass is 9.44. The van der Waals surface area contributed by atoms with Crippen LogP contribution in [-0.4, -0.2) is 24.8 Å². The van der Waals surface area contributed by atoms with Crippen molar-refractivity contribution in [2.45, 2.75) is 51.0 Å². The van der Waals surface area contributed by atoms with E-state index in [-0.39, 0.29) is 5.31 Å². The zero-order chi connectivity index (χ0) is 9.41. The van der Waals surface area contributed by atoms with E-state index in [1.807, 2.05) is 0 Å². The minimum atomic E-state index is -0.961. The fourth-order valence-corrected chi connectivity index (χ4v) is 1.82. The van der Waals surface area contributed by atoms with Gasteiger partial charge in [0.05, 0.1) is 0 Å². The molecule has 1 aliphatic heterocycles. The van der Waals surface area contributed by atoms with Crippen LogP contribution in [0.5, 0.6) is 0 Å². The summed E-state index contributed by atoms with van der Waals surface area (Å²) in [5.41, 5.74) is 0. The Bertz CT molecular complexity index is 166. The van der Waals surface area contributed by atoms with Gasteiger partial charge in [-0.05, 0) is 18.7 Å². The van der Waals surface area contributed by atoms with Crippen LogP contribution in [0, 0.1) is 0 Å². The summed E-state index contributed by atoms with van der Waals surface area (Å²) < 4.78 is 5.43. The number of ether oxygens (including phenoxy) is 1. The molecule has 2 unspecified atom stereocenters. The molecule has 0 aromatic heterocycles. The van der Waals surface area contributed by atoms with Gasteiger partial charge in [0.25, 0.3) is 0 Å². The molecule has 0 aromatic carbocycles. The van der Waals surface area contributed by atoms with Gasteiger partial charge in [0.15, 0.2) is 5.79 Å². The van der Waals surface area contributed by atoms with Crippen LogP contribution in [0.25, 0.3) is 0 Å². The molecule has 1 fully saturated rings. The van der Waals surface area contributed by atoms with Gasteiger partial charge in [-0.2, -0.15) is 0 Å². The minimum absolute atomic E-state index is 0.136. The molecule has 1 heterocycles. The van der Waals surface area contributed by atoms with Crippen LogP contribution in [0.4, 0.5) is 0 Å². The fraction of sp³-hybridized carbons (Fsp3) is 1.00. The highest BCUT2D eigenvalue weighted by Crippen LogP contribution is 2.43. The van der Waals surface area contributed by atoms with Crippen molar-refractivity contribution < 1.29 is 9.84 Å². The summed E-state index contributed by atoms with van der Waals surface area (Å²) >= 11 is 0. The summed E-state index contributed by atoms with van der Waals surface area (Å²) in [6.07, 6.45) is 1.06. The Morgan fingerprint density at radius 2 is 2.00 bits per heavy atom. The van der Waals surface area contributed by atoms with Crippen molar-refractivity contribution in [2.75, 3.05) is 6.61 Å². The lowest BCUT2D eigenvalue weighted by Crippen LogP contribution is -2.41. The Morgan fingerprint density at radius 1 is 1.42 bits per heavy atom. The molecule has 0 radical (unpaired) electrons. The summed E-state index contributed by atoms with van der Waals surface area (Å²) in [6.45, 7) is 8.79. The van der Waals surface area contributed by atoms with Crippen molar-refractivity contribution in [3.8, 4) is 0 Å². The van der Waals surface area contributed by atoms with E-state index in [0.29, 0.717) is 12.4 Å². The minimum Gasteiger partial charge on any atom is -0.366 e. The van der Waals surface area contributed by atoms with Gasteiger partial charge in [-0.25, -0.2) is 0 Å². The van der Waals surface area contributed by atoms with Crippen molar-refractivity contribution in [1.29, 1.82) is 0 Å². The van der Waals surface area contributed by atoms with Gasteiger partial charge in [0, 0.05) is 6.61 Å². The van der Waals surface area contributed by atoms with Gasteiger partial charge in [-0.1, -0.05) is 26.6 Å². The Hall–Kier alpha value is -0.0151. The molecular formula is C9H19BO2. The molecule has 1 rings (SSSR count). The first-order valence-corrected chi connectivity index (χ1v) is 4.71. The monoisotopic (exact) mass is 170 g/mol. The maximum atomic E-state index is 9.98. The summed E-state index contributed by atoms with van der Waals surface area (Å²) in [7, 11) is 1.03. The lowest BCUT2D eigenvalue weighted by molar-refractivity contribution is -0.208. The molecule has 2 atom stereocenters. The van der Waals surface area contributed by atoms with E-state index in [9.17, 15) is 5.11 Å². The van der Waals surface area contributed by atoms with Gasteiger partial charge in [-0.3, -0.25) is 0 Å². The highest BCUT2D eigenvalue weighted by Gasteiger charge is 2.43. The first-order valence-electron chi connectivity index (χ1n) is 4.71. The number of rotatable bonds is 0. The molecule has 1 saturated heterocycles. The second kappa shape index (κ2) is 3.04. The second-order valence-electron chi connectivity index (χ2n) is 4.81. The maximum Gasteiger partial charge on any atom is 0.160 e. The molecule has 0 bridgehead atoms. The van der Waals surface area contributed by atoms with Crippen molar-refractivity contribution in [2.24, 2.45) is 0 Å². The predicted octanol–water partition coefficient (Wildman–Crippen LogP) is 1.56. The standard InChI is InChI=1S/C9H19BO2/c1-7-5-6-12-9(4,11)8(2,3)10-7/h7,10-11H,5-6H2,1-4H3. The van der Waals surface area contributed by atoms with Gasteiger partial charge in [-0.15, -0.1) is 0 Å². The zero-order valence-corrected chi connectivity index (χ0v) is 8.55. The largest absolute Gasteiger partial charge is 0.366 e. The van der Waals surface area contributed by atoms with E-state index < -0.39 is 5.79 Å². The highest BCUT2D eigenvalue weighted by atomic mass is 16.6. The first-order chi connectivity index (χ1) is 5.35. The number of hydrogen-bond donors (Lipinski definition) is 1. The molecule has 3 heteroatoms. The van der Waals surface area contributed by atoms with Gasteiger partial charge < -0.3 is 9.84 Å². The molecular weight excluding hydrogens is 151 g/mol. The molecule has 0 saturated carbocycles. The molecule has 2 nitrogen and oxygen atoms in total. The topological polar surface area (TPSA) is 29.5 Å². The van der Waals surface area contributed by atoms with Crippen molar-refractivity contribution in [1.82, 2.24) is 0 Å². The molecule has 0 amide bonds. The molecule has 0 spiro atoms. The van der Waals surface area contributed by atoms with Gasteiger partial charge in [0.1, 0.15) is 7.28 Å². The average molecular weight is 170 g/mol. The van der Waals surface area contributed by atoms with Crippen LogP contribution >= 0.6 is 0 Å². The number of hydrogen-bond acceptors (Lipinski definition) is 2. The smallest absolute Gasteiger partial charge is 0.160 e. The van der Waals surface area contributed by atoms with Crippen LogP contribution in [0.3, 0.4) is 0 Å². The lowest BCUT2D eigenvalue weighted by Gasteiger charge is -2.38. The average Bonchev–Trinajstić information content (AvgIpc) is 1.90. The van der Waals surface area contributed by atoms with E-state index in [4.69, 9.17) is 4.74 Å². The molecule has 70 valence electrons. The highest BCUT2D eigenvalue weighted by molar-refractivity contribution is 6.42. The summed E-state index contributed by atoms with van der Waals surface area (Å²) in [5, 5.41) is 9.84. The Balaban J connectivity index is 2.78. The summed E-state index contributed by atoms with van der Waals surface area (Å²) in [4.78, 5) is 0. The van der Waals surface area contributed by atoms with Gasteiger partial charge in [0.2, 0.25) is 0 Å². The van der Waals surface area contributed by atoms with Crippen molar-refractivity contribution in [3.63, 3.8) is 0 Å². The van der Waals surface area contributed by atoms with E-state index in [0.717, 1.165) is 13.7 Å². The van der Waals surface area contributed by atoms with Crippen LogP contribution in [-0.2, 0) is 4.74 Å². The van der Waals surface area contributed by atoms with Crippen LogP contribution in [0.1, 0.15) is 34.1 Å². The number of aliphatic hydroxyl groups is 1. The van der Waals surface area contributed by atoms with Crippen LogP contribution < -0.4 is 0 Å². The van der Waals surface area contributed by atoms with E-state index in [1.165, 1.54) is 0 Å². The van der Waals surface area contributed by atoms with E-state index in [2.05, 4.69) is 20.8 Å². The normalized spacial score (nSPS) is 41.6. The molecule has 0 aliphatic carbocycles. The third-order valence-electron chi connectivity index (χ3n) is 3.11. The summed E-state index contributed by atoms with van der Waals surface area (Å²) in [5.74, 6) is -0.313. The van der Waals surface area contributed by atoms with E-state index in [1.54, 1.807) is 6.92 Å². The zero-order valence-electron chi connectivity index (χ0n) is 8.55.